The van der Waals surface area contributed by atoms with E-state index in [0.717, 1.165) is 19.3 Å². The second-order valence-electron chi connectivity index (χ2n) is 7.05. The first-order chi connectivity index (χ1) is 13.3. The molecule has 0 amide bonds. The van der Waals surface area contributed by atoms with E-state index in [-0.39, 0.29) is 0 Å². The molecule has 2 aromatic rings. The lowest BCUT2D eigenvalue weighted by Crippen LogP contribution is -1.98. The van der Waals surface area contributed by atoms with E-state index in [2.05, 4.69) is 87.2 Å². The molecule has 0 heterocycles. The van der Waals surface area contributed by atoms with Crippen molar-refractivity contribution in [1.82, 2.24) is 0 Å². The van der Waals surface area contributed by atoms with Crippen LogP contribution in [0.25, 0.3) is 11.1 Å². The molecule has 2 rings (SSSR count). The van der Waals surface area contributed by atoms with Crippen molar-refractivity contribution >= 4 is 11.1 Å². The van der Waals surface area contributed by atoms with Crippen molar-refractivity contribution in [3.63, 3.8) is 0 Å². The topological polar surface area (TPSA) is 0 Å². The van der Waals surface area contributed by atoms with Gasteiger partial charge in [0, 0.05) is 0 Å². The summed E-state index contributed by atoms with van der Waals surface area (Å²) in [6.45, 7) is 8.59. The van der Waals surface area contributed by atoms with E-state index in [1.807, 2.05) is 6.08 Å². The summed E-state index contributed by atoms with van der Waals surface area (Å²) in [5, 5.41) is 0. The van der Waals surface area contributed by atoms with Crippen LogP contribution >= 0.6 is 0 Å². The van der Waals surface area contributed by atoms with Gasteiger partial charge in [-0.2, -0.15) is 0 Å². The van der Waals surface area contributed by atoms with Crippen molar-refractivity contribution in [1.29, 1.82) is 0 Å². The number of hydrogen-bond donors (Lipinski definition) is 0. The van der Waals surface area contributed by atoms with Crippen molar-refractivity contribution in [2.24, 2.45) is 0 Å². The summed E-state index contributed by atoms with van der Waals surface area (Å²) in [4.78, 5) is 0. The van der Waals surface area contributed by atoms with Crippen LogP contribution in [-0.4, -0.2) is 0 Å². The van der Waals surface area contributed by atoms with Crippen LogP contribution in [-0.2, 0) is 0 Å². The van der Waals surface area contributed by atoms with Crippen LogP contribution in [0.2, 0.25) is 0 Å². The maximum atomic E-state index is 4.05. The lowest BCUT2D eigenvalue weighted by atomic mass is 9.85. The molecule has 0 N–H and O–H groups in total. The lowest BCUT2D eigenvalue weighted by molar-refractivity contribution is 0.780. The van der Waals surface area contributed by atoms with E-state index < -0.39 is 0 Å². The Bertz CT molecular complexity index is 732. The highest BCUT2D eigenvalue weighted by Crippen LogP contribution is 2.37. The molecule has 0 aliphatic heterocycles. The van der Waals surface area contributed by atoms with E-state index in [4.69, 9.17) is 0 Å². The molecule has 0 unspecified atom stereocenters. The normalized spacial score (nSPS) is 12.6. The molecule has 0 bridgehead atoms. The quantitative estimate of drug-likeness (QED) is 0.163. The Balaban J connectivity index is 2.66. The van der Waals surface area contributed by atoms with Crippen molar-refractivity contribution in [3.8, 4) is 0 Å². The van der Waals surface area contributed by atoms with Crippen LogP contribution < -0.4 is 0 Å². The highest BCUT2D eigenvalue weighted by Gasteiger charge is 2.15. The summed E-state index contributed by atoms with van der Waals surface area (Å²) in [6.07, 6.45) is 12.6. The average molecular weight is 359 g/mol. The summed E-state index contributed by atoms with van der Waals surface area (Å²) in [7, 11) is 0. The molecule has 2 aromatic carbocycles. The summed E-state index contributed by atoms with van der Waals surface area (Å²) >= 11 is 0. The molecule has 0 saturated heterocycles. The molecule has 0 aliphatic carbocycles. The third-order valence-corrected chi connectivity index (χ3v) is 4.90. The van der Waals surface area contributed by atoms with Gasteiger partial charge in [0.25, 0.3) is 0 Å². The van der Waals surface area contributed by atoms with Gasteiger partial charge in [-0.15, -0.1) is 6.58 Å². The fraction of sp³-hybridized carbons (Fsp3) is 0.333. The predicted octanol–water partition coefficient (Wildman–Crippen LogP) is 8.48. The minimum atomic E-state index is 0.880. The molecule has 0 heteroatoms. The van der Waals surface area contributed by atoms with Crippen molar-refractivity contribution in [2.75, 3.05) is 0 Å². The Hall–Kier alpha value is -2.34. The second-order valence-corrected chi connectivity index (χ2v) is 7.05. The van der Waals surface area contributed by atoms with Gasteiger partial charge in [0.15, 0.2) is 0 Å². The highest BCUT2D eigenvalue weighted by atomic mass is 14.2. The highest BCUT2D eigenvalue weighted by molar-refractivity contribution is 5.98. The SMILES string of the molecule is C=CCC(=C(C(=CCCCC)CCCC)c1ccccc1)c1ccccc1. The second kappa shape index (κ2) is 12.1. The van der Waals surface area contributed by atoms with E-state index in [0.29, 0.717) is 0 Å². The van der Waals surface area contributed by atoms with Gasteiger partial charge in [-0.1, -0.05) is 106 Å². The Labute approximate surface area is 166 Å². The molecule has 142 valence electrons. The van der Waals surface area contributed by atoms with Gasteiger partial charge in [0.2, 0.25) is 0 Å². The third kappa shape index (κ3) is 6.40. The van der Waals surface area contributed by atoms with Crippen LogP contribution in [0.4, 0.5) is 0 Å². The maximum absolute atomic E-state index is 4.05. The zero-order valence-electron chi connectivity index (χ0n) is 17.1. The number of hydrogen-bond acceptors (Lipinski definition) is 0. The Morgan fingerprint density at radius 1 is 0.815 bits per heavy atom. The van der Waals surface area contributed by atoms with Crippen molar-refractivity contribution in [3.05, 3.63) is 96.1 Å². The minimum Gasteiger partial charge on any atom is -0.103 e. The lowest BCUT2D eigenvalue weighted by Gasteiger charge is -2.19. The third-order valence-electron chi connectivity index (χ3n) is 4.90. The monoisotopic (exact) mass is 358 g/mol. The Morgan fingerprint density at radius 3 is 1.96 bits per heavy atom. The van der Waals surface area contributed by atoms with Gasteiger partial charge in [0.05, 0.1) is 0 Å². The molecule has 0 aromatic heterocycles. The summed E-state index contributed by atoms with van der Waals surface area (Å²) < 4.78 is 0. The van der Waals surface area contributed by atoms with E-state index in [9.17, 15) is 0 Å². The van der Waals surface area contributed by atoms with Gasteiger partial charge < -0.3 is 0 Å². The molecular formula is C27H34. The van der Waals surface area contributed by atoms with Crippen LogP contribution in [0, 0.1) is 0 Å². The molecule has 0 radical (unpaired) electrons. The van der Waals surface area contributed by atoms with Gasteiger partial charge in [-0.25, -0.2) is 0 Å². The van der Waals surface area contributed by atoms with Gasteiger partial charge >= 0.3 is 0 Å². The number of allylic oxidation sites excluding steroid dienone is 5. The molecular weight excluding hydrogens is 324 g/mol. The van der Waals surface area contributed by atoms with E-state index in [1.54, 1.807) is 0 Å². The van der Waals surface area contributed by atoms with Crippen LogP contribution in [0.1, 0.15) is 69.9 Å². The molecule has 0 fully saturated rings. The molecule has 0 atom stereocenters. The van der Waals surface area contributed by atoms with Crippen molar-refractivity contribution < 1.29 is 0 Å². The van der Waals surface area contributed by atoms with Crippen LogP contribution in [0.3, 0.4) is 0 Å². The van der Waals surface area contributed by atoms with E-state index in [1.165, 1.54) is 53.5 Å². The van der Waals surface area contributed by atoms with Crippen molar-refractivity contribution in [2.45, 2.75) is 58.8 Å². The first-order valence-corrected chi connectivity index (χ1v) is 10.5. The molecule has 27 heavy (non-hydrogen) atoms. The zero-order valence-corrected chi connectivity index (χ0v) is 17.1. The Kier molecular flexibility index (Phi) is 9.41. The van der Waals surface area contributed by atoms with Gasteiger partial charge in [-0.05, 0) is 53.5 Å². The standard InChI is InChI=1S/C27H34/c1-4-7-11-20-24(17-8-5-2)27(25-21-14-10-15-22-25)26(16-6-3)23-18-12-9-13-19-23/h6,9-10,12-15,18-22H,3-5,7-8,11,16-17H2,1-2H3. The largest absolute Gasteiger partial charge is 0.103 e. The van der Waals surface area contributed by atoms with E-state index >= 15 is 0 Å². The summed E-state index contributed by atoms with van der Waals surface area (Å²) in [5.74, 6) is 0. The molecule has 0 nitrogen and oxygen atoms in total. The Morgan fingerprint density at radius 2 is 1.41 bits per heavy atom. The molecule has 0 saturated carbocycles. The fourth-order valence-electron chi connectivity index (χ4n) is 3.48. The fourth-order valence-corrected chi connectivity index (χ4v) is 3.48. The smallest absolute Gasteiger partial charge is 0.00879 e. The number of rotatable bonds is 11. The zero-order chi connectivity index (χ0) is 19.3. The first-order valence-electron chi connectivity index (χ1n) is 10.5. The average Bonchev–Trinajstić information content (AvgIpc) is 2.72. The summed E-state index contributed by atoms with van der Waals surface area (Å²) in [6, 6.07) is 21.7. The van der Waals surface area contributed by atoms with Crippen LogP contribution in [0.15, 0.2) is 85.0 Å². The predicted molar refractivity (Wildman–Crippen MR) is 122 cm³/mol. The van der Waals surface area contributed by atoms with Gasteiger partial charge in [-0.3, -0.25) is 0 Å². The number of benzene rings is 2. The summed E-state index contributed by atoms with van der Waals surface area (Å²) in [5.41, 5.74) is 6.91. The first kappa shape index (κ1) is 21.0. The molecule has 0 aliphatic rings. The van der Waals surface area contributed by atoms with Gasteiger partial charge in [0.1, 0.15) is 0 Å². The van der Waals surface area contributed by atoms with Crippen LogP contribution in [0.5, 0.6) is 0 Å². The minimum absolute atomic E-state index is 0.880. The number of unbranched alkanes of at least 4 members (excludes halogenated alkanes) is 3. The molecule has 0 spiro atoms. The maximum Gasteiger partial charge on any atom is -0.00879 e.